The molecule has 4 nitrogen and oxygen atoms in total. The van der Waals surface area contributed by atoms with Gasteiger partial charge in [0.2, 0.25) is 5.91 Å². The van der Waals surface area contributed by atoms with Gasteiger partial charge in [-0.15, -0.1) is 0 Å². The Bertz CT molecular complexity index is 270. The molecule has 1 aliphatic rings. The summed E-state index contributed by atoms with van der Waals surface area (Å²) in [5, 5.41) is 8.88. The molecule has 1 amide bonds. The average molecular weight is 183 g/mol. The minimum atomic E-state index is -0.961. The Morgan fingerprint density at radius 2 is 2.23 bits per heavy atom. The van der Waals surface area contributed by atoms with Crippen molar-refractivity contribution >= 4 is 11.9 Å². The van der Waals surface area contributed by atoms with E-state index in [-0.39, 0.29) is 11.5 Å². The van der Waals surface area contributed by atoms with E-state index in [9.17, 15) is 9.59 Å². The van der Waals surface area contributed by atoms with Gasteiger partial charge in [0.1, 0.15) is 0 Å². The molecule has 0 aromatic rings. The van der Waals surface area contributed by atoms with Crippen LogP contribution in [0.3, 0.4) is 0 Å². The van der Waals surface area contributed by atoms with Crippen molar-refractivity contribution in [2.45, 2.75) is 19.8 Å². The average Bonchev–Trinajstić information content (AvgIpc) is 2.02. The smallest absolute Gasteiger partial charge is 0.311 e. The van der Waals surface area contributed by atoms with Gasteiger partial charge in [0, 0.05) is 5.57 Å². The van der Waals surface area contributed by atoms with E-state index in [2.05, 4.69) is 0 Å². The Morgan fingerprint density at radius 1 is 1.62 bits per heavy atom. The van der Waals surface area contributed by atoms with Crippen molar-refractivity contribution in [3.05, 3.63) is 11.6 Å². The van der Waals surface area contributed by atoms with Crippen molar-refractivity contribution in [1.29, 1.82) is 0 Å². The standard InChI is InChI=1S/C9H13NO3/c1-5-3-2-4-6(8(10)11)7(5)9(12)13/h4-5,7H,2-3H2,1H3,(H2,10,11)(H,12,13). The Balaban J connectivity index is 2.96. The van der Waals surface area contributed by atoms with Crippen LogP contribution >= 0.6 is 0 Å². The molecule has 72 valence electrons. The number of rotatable bonds is 2. The lowest BCUT2D eigenvalue weighted by atomic mass is 9.79. The van der Waals surface area contributed by atoms with E-state index in [0.717, 1.165) is 12.8 Å². The zero-order valence-electron chi connectivity index (χ0n) is 7.49. The van der Waals surface area contributed by atoms with Crippen LogP contribution in [0.4, 0.5) is 0 Å². The Morgan fingerprint density at radius 3 is 2.62 bits per heavy atom. The molecule has 0 saturated carbocycles. The number of carboxylic acid groups (broad SMARTS) is 1. The molecule has 0 radical (unpaired) electrons. The summed E-state index contributed by atoms with van der Waals surface area (Å²) in [6.45, 7) is 1.83. The molecule has 0 spiro atoms. The second-order valence-corrected chi connectivity index (χ2v) is 3.39. The lowest BCUT2D eigenvalue weighted by Crippen LogP contribution is -2.32. The number of amides is 1. The van der Waals surface area contributed by atoms with E-state index in [4.69, 9.17) is 10.8 Å². The molecule has 0 aliphatic heterocycles. The molecular formula is C9H13NO3. The number of hydrogen-bond acceptors (Lipinski definition) is 2. The topological polar surface area (TPSA) is 80.4 Å². The normalized spacial score (nSPS) is 27.9. The molecule has 4 heteroatoms. The van der Waals surface area contributed by atoms with E-state index in [1.165, 1.54) is 0 Å². The summed E-state index contributed by atoms with van der Waals surface area (Å²) >= 11 is 0. The number of allylic oxidation sites excluding steroid dienone is 1. The number of hydrogen-bond donors (Lipinski definition) is 2. The fraction of sp³-hybridized carbons (Fsp3) is 0.556. The van der Waals surface area contributed by atoms with E-state index in [1.54, 1.807) is 6.08 Å². The molecule has 1 rings (SSSR count). The first-order chi connectivity index (χ1) is 6.04. The third kappa shape index (κ3) is 1.88. The summed E-state index contributed by atoms with van der Waals surface area (Å²) in [5.74, 6) is -2.30. The van der Waals surface area contributed by atoms with Gasteiger partial charge in [0.15, 0.2) is 0 Å². The molecule has 2 unspecified atom stereocenters. The predicted molar refractivity (Wildman–Crippen MR) is 46.8 cm³/mol. The van der Waals surface area contributed by atoms with Crippen LogP contribution in [0.25, 0.3) is 0 Å². The molecule has 2 atom stereocenters. The fourth-order valence-corrected chi connectivity index (χ4v) is 1.73. The van der Waals surface area contributed by atoms with Crippen molar-refractivity contribution < 1.29 is 14.7 Å². The first-order valence-electron chi connectivity index (χ1n) is 4.26. The lowest BCUT2D eigenvalue weighted by Gasteiger charge is -2.24. The van der Waals surface area contributed by atoms with Gasteiger partial charge in [-0.25, -0.2) is 0 Å². The second kappa shape index (κ2) is 3.60. The highest BCUT2D eigenvalue weighted by Crippen LogP contribution is 2.30. The van der Waals surface area contributed by atoms with E-state index >= 15 is 0 Å². The van der Waals surface area contributed by atoms with Crippen LogP contribution in [0.1, 0.15) is 19.8 Å². The quantitative estimate of drug-likeness (QED) is 0.655. The van der Waals surface area contributed by atoms with Crippen LogP contribution in [0.2, 0.25) is 0 Å². The zero-order valence-corrected chi connectivity index (χ0v) is 7.49. The first kappa shape index (κ1) is 9.77. The van der Waals surface area contributed by atoms with Crippen LogP contribution < -0.4 is 5.73 Å². The third-order valence-corrected chi connectivity index (χ3v) is 2.44. The number of primary amides is 1. The highest BCUT2D eigenvalue weighted by molar-refractivity contribution is 5.97. The van der Waals surface area contributed by atoms with Crippen LogP contribution in [0, 0.1) is 11.8 Å². The van der Waals surface area contributed by atoms with Crippen molar-refractivity contribution in [3.8, 4) is 0 Å². The summed E-state index contributed by atoms with van der Waals surface area (Å²) in [4.78, 5) is 21.7. The molecule has 3 N–H and O–H groups in total. The zero-order chi connectivity index (χ0) is 10.0. The van der Waals surface area contributed by atoms with Gasteiger partial charge in [-0.05, 0) is 18.8 Å². The highest BCUT2D eigenvalue weighted by Gasteiger charge is 2.33. The maximum atomic E-state index is 10.9. The van der Waals surface area contributed by atoms with Crippen LogP contribution in [-0.4, -0.2) is 17.0 Å². The molecule has 13 heavy (non-hydrogen) atoms. The number of aliphatic carboxylic acids is 1. The lowest BCUT2D eigenvalue weighted by molar-refractivity contribution is -0.143. The molecule has 0 saturated heterocycles. The molecule has 0 bridgehead atoms. The monoisotopic (exact) mass is 183 g/mol. The number of carboxylic acids is 1. The van der Waals surface area contributed by atoms with Crippen LogP contribution in [0.15, 0.2) is 11.6 Å². The number of carbonyl (C=O) groups is 2. The van der Waals surface area contributed by atoms with Crippen LogP contribution in [0.5, 0.6) is 0 Å². The summed E-state index contributed by atoms with van der Waals surface area (Å²) in [7, 11) is 0. The molecule has 0 fully saturated rings. The second-order valence-electron chi connectivity index (χ2n) is 3.39. The van der Waals surface area contributed by atoms with Gasteiger partial charge in [0.05, 0.1) is 5.92 Å². The van der Waals surface area contributed by atoms with Gasteiger partial charge in [0.25, 0.3) is 0 Å². The summed E-state index contributed by atoms with van der Waals surface area (Å²) in [5.41, 5.74) is 5.34. The van der Waals surface area contributed by atoms with Crippen LogP contribution in [-0.2, 0) is 9.59 Å². The largest absolute Gasteiger partial charge is 0.481 e. The predicted octanol–water partition coefficient (Wildman–Crippen LogP) is 0.529. The maximum absolute atomic E-state index is 10.9. The van der Waals surface area contributed by atoms with E-state index < -0.39 is 17.8 Å². The Hall–Kier alpha value is -1.32. The van der Waals surface area contributed by atoms with Crippen molar-refractivity contribution in [1.82, 2.24) is 0 Å². The third-order valence-electron chi connectivity index (χ3n) is 2.44. The SMILES string of the molecule is CC1CCC=C(C(N)=O)C1C(=O)O. The molecular weight excluding hydrogens is 170 g/mol. The van der Waals surface area contributed by atoms with Gasteiger partial charge >= 0.3 is 5.97 Å². The fourth-order valence-electron chi connectivity index (χ4n) is 1.73. The van der Waals surface area contributed by atoms with E-state index in [0.29, 0.717) is 0 Å². The Labute approximate surface area is 76.4 Å². The van der Waals surface area contributed by atoms with Gasteiger partial charge in [-0.1, -0.05) is 13.0 Å². The molecule has 0 aromatic heterocycles. The minimum absolute atomic E-state index is 0.00926. The first-order valence-corrected chi connectivity index (χ1v) is 4.26. The Kier molecular flexibility index (Phi) is 2.70. The maximum Gasteiger partial charge on any atom is 0.311 e. The summed E-state index contributed by atoms with van der Waals surface area (Å²) in [6.07, 6.45) is 3.18. The summed E-state index contributed by atoms with van der Waals surface area (Å²) < 4.78 is 0. The van der Waals surface area contributed by atoms with E-state index in [1.807, 2.05) is 6.92 Å². The van der Waals surface area contributed by atoms with Crippen molar-refractivity contribution in [2.24, 2.45) is 17.6 Å². The van der Waals surface area contributed by atoms with Gasteiger partial charge in [-0.2, -0.15) is 0 Å². The summed E-state index contributed by atoms with van der Waals surface area (Å²) in [6, 6.07) is 0. The van der Waals surface area contributed by atoms with Gasteiger partial charge < -0.3 is 10.8 Å². The molecule has 1 aliphatic carbocycles. The number of nitrogens with two attached hydrogens (primary N) is 1. The number of carbonyl (C=O) groups excluding carboxylic acids is 1. The van der Waals surface area contributed by atoms with Crippen molar-refractivity contribution in [3.63, 3.8) is 0 Å². The van der Waals surface area contributed by atoms with Crippen molar-refractivity contribution in [2.75, 3.05) is 0 Å². The highest BCUT2D eigenvalue weighted by atomic mass is 16.4. The minimum Gasteiger partial charge on any atom is -0.481 e. The molecule has 0 aromatic carbocycles. The van der Waals surface area contributed by atoms with Gasteiger partial charge in [-0.3, -0.25) is 9.59 Å². The molecule has 0 heterocycles.